The summed E-state index contributed by atoms with van der Waals surface area (Å²) in [4.78, 5) is 30.6. The number of thioether (sulfide) groups is 1. The maximum absolute atomic E-state index is 13.3. The summed E-state index contributed by atoms with van der Waals surface area (Å²) in [5.74, 6) is 0.000573. The van der Waals surface area contributed by atoms with Crippen molar-refractivity contribution in [2.75, 3.05) is 5.75 Å². The highest BCUT2D eigenvalue weighted by Crippen LogP contribution is 2.28. The Morgan fingerprint density at radius 2 is 1.75 bits per heavy atom. The monoisotopic (exact) mass is 577 g/mol. The molecule has 0 aliphatic rings. The Morgan fingerprint density at radius 1 is 1.00 bits per heavy atom. The van der Waals surface area contributed by atoms with E-state index in [-0.39, 0.29) is 17.0 Å². The number of nitrogens with zero attached hydrogens (tertiary/aromatic N) is 4. The summed E-state index contributed by atoms with van der Waals surface area (Å²) in [5, 5.41) is 0.778. The zero-order valence-corrected chi connectivity index (χ0v) is 24.5. The predicted molar refractivity (Wildman–Crippen MR) is 157 cm³/mol. The summed E-state index contributed by atoms with van der Waals surface area (Å²) in [6, 6.07) is 15.8. The molecule has 2 aromatic carbocycles. The Balaban J connectivity index is 1.38. The molecule has 11 heteroatoms. The zero-order chi connectivity index (χ0) is 28.6. The average Bonchev–Trinajstić information content (AvgIpc) is 3.37. The number of nitrogens with one attached hydrogen (secondary N) is 1. The minimum absolute atomic E-state index is 0.0524. The summed E-state index contributed by atoms with van der Waals surface area (Å²) >= 11 is 1.50. The third-order valence-corrected chi connectivity index (χ3v) is 9.54. The number of sulfonamides is 1. The number of rotatable bonds is 9. The lowest BCUT2D eigenvalue weighted by atomic mass is 10.2. The van der Waals surface area contributed by atoms with Crippen molar-refractivity contribution < 1.29 is 13.2 Å². The van der Waals surface area contributed by atoms with E-state index in [1.807, 2.05) is 55.6 Å². The van der Waals surface area contributed by atoms with Gasteiger partial charge in [0.15, 0.2) is 0 Å². The SMILES string of the molecule is Cc1cc2nc(SCCCC(=O)NS(=O)(=O)c3ccccc3)c(Cn3c(=O)n(C)c4cccc(C)c43)n2cc1C. The highest BCUT2D eigenvalue weighted by atomic mass is 32.2. The van der Waals surface area contributed by atoms with E-state index in [2.05, 4.69) is 4.72 Å². The number of hydrogen-bond donors (Lipinski definition) is 1. The number of fused-ring (bicyclic) bond motifs is 2. The van der Waals surface area contributed by atoms with E-state index in [1.165, 1.54) is 23.9 Å². The van der Waals surface area contributed by atoms with Gasteiger partial charge in [0.25, 0.3) is 10.0 Å². The standard InChI is InChI=1S/C29H31N5O4S2/c1-19-10-8-13-23-27(19)34(29(36)32(23)4)18-24-28(30-25-16-20(2)21(3)17-33(24)25)39-15-9-14-26(35)31-40(37,38)22-11-6-5-7-12-22/h5-8,10-13,16-17H,9,14-15,18H2,1-4H3,(H,31,35). The number of carbonyl (C=O) groups is 1. The van der Waals surface area contributed by atoms with E-state index >= 15 is 0 Å². The molecule has 3 heterocycles. The van der Waals surface area contributed by atoms with Crippen LogP contribution in [0.5, 0.6) is 0 Å². The summed E-state index contributed by atoms with van der Waals surface area (Å²) in [6.07, 6.45) is 2.56. The van der Waals surface area contributed by atoms with Crippen molar-refractivity contribution in [1.82, 2.24) is 23.2 Å². The van der Waals surface area contributed by atoms with E-state index in [4.69, 9.17) is 4.98 Å². The normalized spacial score (nSPS) is 11.9. The Kier molecular flexibility index (Phi) is 7.61. The van der Waals surface area contributed by atoms with Gasteiger partial charge in [-0.25, -0.2) is 22.9 Å². The van der Waals surface area contributed by atoms with Crippen LogP contribution in [-0.2, 0) is 28.4 Å². The first-order valence-corrected chi connectivity index (χ1v) is 15.4. The molecule has 208 valence electrons. The molecule has 1 N–H and O–H groups in total. The van der Waals surface area contributed by atoms with Crippen LogP contribution in [-0.4, -0.2) is 38.6 Å². The second-order valence-electron chi connectivity index (χ2n) is 9.90. The van der Waals surface area contributed by atoms with Crippen molar-refractivity contribution in [3.63, 3.8) is 0 Å². The first kappa shape index (κ1) is 27.7. The first-order valence-electron chi connectivity index (χ1n) is 12.9. The number of benzene rings is 2. The molecular weight excluding hydrogens is 546 g/mol. The van der Waals surface area contributed by atoms with Crippen LogP contribution < -0.4 is 10.4 Å². The molecule has 0 bridgehead atoms. The van der Waals surface area contributed by atoms with Gasteiger partial charge in [-0.2, -0.15) is 0 Å². The van der Waals surface area contributed by atoms with Gasteiger partial charge in [0.2, 0.25) is 5.91 Å². The van der Waals surface area contributed by atoms with Crippen molar-refractivity contribution in [2.24, 2.45) is 7.05 Å². The van der Waals surface area contributed by atoms with Crippen molar-refractivity contribution in [3.8, 4) is 0 Å². The predicted octanol–water partition coefficient (Wildman–Crippen LogP) is 4.34. The van der Waals surface area contributed by atoms with Crippen LogP contribution in [0, 0.1) is 20.8 Å². The van der Waals surface area contributed by atoms with E-state index in [0.29, 0.717) is 18.7 Å². The van der Waals surface area contributed by atoms with Crippen LogP contribution >= 0.6 is 11.8 Å². The lowest BCUT2D eigenvalue weighted by molar-refractivity contribution is -0.119. The highest BCUT2D eigenvalue weighted by Gasteiger charge is 2.20. The fraction of sp³-hybridized carbons (Fsp3) is 0.276. The van der Waals surface area contributed by atoms with Gasteiger partial charge in [0.1, 0.15) is 10.7 Å². The molecule has 0 spiro atoms. The Hall–Kier alpha value is -3.83. The van der Waals surface area contributed by atoms with E-state index in [0.717, 1.165) is 44.1 Å². The van der Waals surface area contributed by atoms with Crippen LogP contribution in [0.1, 0.15) is 35.2 Å². The maximum Gasteiger partial charge on any atom is 0.329 e. The van der Waals surface area contributed by atoms with Gasteiger partial charge in [-0.15, -0.1) is 11.8 Å². The molecule has 0 fully saturated rings. The minimum atomic E-state index is -3.90. The second kappa shape index (κ2) is 11.0. The maximum atomic E-state index is 13.3. The molecule has 40 heavy (non-hydrogen) atoms. The molecule has 5 aromatic rings. The van der Waals surface area contributed by atoms with E-state index in [1.54, 1.807) is 34.4 Å². The number of imidazole rings is 2. The lowest BCUT2D eigenvalue weighted by Crippen LogP contribution is -2.30. The molecule has 0 aliphatic carbocycles. The number of hydrogen-bond acceptors (Lipinski definition) is 6. The Morgan fingerprint density at radius 3 is 2.50 bits per heavy atom. The third-order valence-electron chi connectivity index (χ3n) is 7.05. The van der Waals surface area contributed by atoms with Crippen LogP contribution in [0.4, 0.5) is 0 Å². The van der Waals surface area contributed by atoms with Crippen molar-refractivity contribution in [2.45, 2.75) is 50.1 Å². The minimum Gasteiger partial charge on any atom is -0.301 e. The quantitative estimate of drug-likeness (QED) is 0.206. The van der Waals surface area contributed by atoms with Crippen LogP contribution in [0.2, 0.25) is 0 Å². The summed E-state index contributed by atoms with van der Waals surface area (Å²) in [7, 11) is -2.12. The molecule has 0 aliphatic heterocycles. The van der Waals surface area contributed by atoms with Crippen molar-refractivity contribution in [3.05, 3.63) is 93.7 Å². The van der Waals surface area contributed by atoms with Gasteiger partial charge in [-0.3, -0.25) is 13.9 Å². The Bertz CT molecular complexity index is 1900. The summed E-state index contributed by atoms with van der Waals surface area (Å²) in [6.45, 7) is 6.42. The molecule has 5 rings (SSSR count). The van der Waals surface area contributed by atoms with Crippen LogP contribution in [0.3, 0.4) is 0 Å². The van der Waals surface area contributed by atoms with Gasteiger partial charge < -0.3 is 4.40 Å². The van der Waals surface area contributed by atoms with Crippen LogP contribution in [0.15, 0.2) is 75.5 Å². The fourth-order valence-corrected chi connectivity index (χ4v) is 6.78. The van der Waals surface area contributed by atoms with Crippen LogP contribution in [0.25, 0.3) is 16.7 Å². The summed E-state index contributed by atoms with van der Waals surface area (Å²) < 4.78 is 32.5. The topological polar surface area (TPSA) is 107 Å². The number of carbonyl (C=O) groups excluding carboxylic acids is 1. The van der Waals surface area contributed by atoms with E-state index < -0.39 is 15.9 Å². The second-order valence-corrected chi connectivity index (χ2v) is 12.7. The van der Waals surface area contributed by atoms with Gasteiger partial charge >= 0.3 is 5.69 Å². The van der Waals surface area contributed by atoms with Gasteiger partial charge in [-0.05, 0) is 68.1 Å². The molecule has 0 atom stereocenters. The zero-order valence-electron chi connectivity index (χ0n) is 22.8. The molecule has 0 unspecified atom stereocenters. The highest BCUT2D eigenvalue weighted by molar-refractivity contribution is 7.99. The molecule has 9 nitrogen and oxygen atoms in total. The third kappa shape index (κ3) is 5.31. The number of aryl methyl sites for hydroxylation is 4. The van der Waals surface area contributed by atoms with Gasteiger partial charge in [0.05, 0.1) is 28.2 Å². The fourth-order valence-electron chi connectivity index (χ4n) is 4.77. The lowest BCUT2D eigenvalue weighted by Gasteiger charge is -2.09. The smallest absolute Gasteiger partial charge is 0.301 e. The van der Waals surface area contributed by atoms with E-state index in [9.17, 15) is 18.0 Å². The number of para-hydroxylation sites is 1. The molecule has 1 amide bonds. The first-order chi connectivity index (χ1) is 19.1. The van der Waals surface area contributed by atoms with Gasteiger partial charge in [-0.1, -0.05) is 30.3 Å². The average molecular weight is 578 g/mol. The Labute approximate surface area is 236 Å². The number of amides is 1. The van der Waals surface area contributed by atoms with Crippen molar-refractivity contribution in [1.29, 1.82) is 0 Å². The number of aromatic nitrogens is 4. The molecule has 0 saturated carbocycles. The molecule has 3 aromatic heterocycles. The summed E-state index contributed by atoms with van der Waals surface area (Å²) in [5.41, 5.74) is 6.58. The largest absolute Gasteiger partial charge is 0.329 e. The molecule has 0 radical (unpaired) electrons. The number of pyridine rings is 1. The molecular formula is C29H31N5O4S2. The van der Waals surface area contributed by atoms with Gasteiger partial charge in [0, 0.05) is 25.4 Å². The van der Waals surface area contributed by atoms with Crippen molar-refractivity contribution >= 4 is 44.4 Å². The molecule has 0 saturated heterocycles.